The van der Waals surface area contributed by atoms with Crippen LogP contribution in [0.25, 0.3) is 0 Å². The highest BCUT2D eigenvalue weighted by Gasteiger charge is 2.15. The van der Waals surface area contributed by atoms with Crippen molar-refractivity contribution in [3.05, 3.63) is 23.8 Å². The van der Waals surface area contributed by atoms with Gasteiger partial charge in [0.2, 0.25) is 0 Å². The molecule has 3 nitrogen and oxygen atoms in total. The summed E-state index contributed by atoms with van der Waals surface area (Å²) in [7, 11) is 0. The van der Waals surface area contributed by atoms with E-state index in [4.69, 9.17) is 10.5 Å². The van der Waals surface area contributed by atoms with E-state index in [9.17, 15) is 0 Å². The molecule has 3 heteroatoms. The molecule has 0 aliphatic carbocycles. The normalized spacial score (nSPS) is 20.5. The third kappa shape index (κ3) is 2.42. The minimum atomic E-state index is 0.644. The van der Waals surface area contributed by atoms with Gasteiger partial charge in [-0.2, -0.15) is 0 Å². The zero-order valence-corrected chi connectivity index (χ0v) is 9.12. The monoisotopic (exact) mass is 206 g/mol. The van der Waals surface area contributed by atoms with Gasteiger partial charge in [0.25, 0.3) is 0 Å². The van der Waals surface area contributed by atoms with Crippen molar-refractivity contribution in [2.45, 2.75) is 13.3 Å². The third-order valence-electron chi connectivity index (χ3n) is 2.98. The second kappa shape index (κ2) is 4.53. The molecule has 1 aromatic carbocycles. The van der Waals surface area contributed by atoms with Crippen molar-refractivity contribution >= 4 is 11.4 Å². The summed E-state index contributed by atoms with van der Waals surface area (Å²) in [5, 5.41) is 3.44. The zero-order chi connectivity index (χ0) is 10.7. The van der Waals surface area contributed by atoms with Crippen molar-refractivity contribution in [1.82, 2.24) is 0 Å². The van der Waals surface area contributed by atoms with Crippen LogP contribution >= 0.6 is 0 Å². The van der Waals surface area contributed by atoms with E-state index < -0.39 is 0 Å². The maximum Gasteiger partial charge on any atom is 0.0511 e. The Balaban J connectivity index is 1.95. The molecule has 1 aliphatic heterocycles. The van der Waals surface area contributed by atoms with Crippen molar-refractivity contribution in [3.63, 3.8) is 0 Å². The fourth-order valence-corrected chi connectivity index (χ4v) is 1.84. The molecule has 0 radical (unpaired) electrons. The topological polar surface area (TPSA) is 47.3 Å². The molecule has 1 fully saturated rings. The van der Waals surface area contributed by atoms with Gasteiger partial charge in [-0.15, -0.1) is 0 Å². The van der Waals surface area contributed by atoms with Crippen molar-refractivity contribution in [2.75, 3.05) is 30.8 Å². The Morgan fingerprint density at radius 3 is 3.13 bits per heavy atom. The molecule has 0 saturated carbocycles. The van der Waals surface area contributed by atoms with Crippen LogP contribution in [0.5, 0.6) is 0 Å². The Labute approximate surface area is 90.6 Å². The highest BCUT2D eigenvalue weighted by Crippen LogP contribution is 2.21. The minimum Gasteiger partial charge on any atom is -0.398 e. The molecular formula is C12H18N2O. The summed E-state index contributed by atoms with van der Waals surface area (Å²) in [5.74, 6) is 0.644. The third-order valence-corrected chi connectivity index (χ3v) is 2.98. The second-order valence-corrected chi connectivity index (χ2v) is 4.13. The molecule has 1 atom stereocenters. The molecule has 1 aliphatic rings. The first kappa shape index (κ1) is 10.3. The van der Waals surface area contributed by atoms with E-state index in [1.165, 1.54) is 0 Å². The van der Waals surface area contributed by atoms with E-state index >= 15 is 0 Å². The minimum absolute atomic E-state index is 0.644. The van der Waals surface area contributed by atoms with Crippen LogP contribution in [0.2, 0.25) is 0 Å². The van der Waals surface area contributed by atoms with Crippen LogP contribution in [0.4, 0.5) is 11.4 Å². The van der Waals surface area contributed by atoms with Crippen LogP contribution < -0.4 is 11.1 Å². The summed E-state index contributed by atoms with van der Waals surface area (Å²) in [6, 6.07) is 5.98. The molecule has 1 aromatic rings. The fourth-order valence-electron chi connectivity index (χ4n) is 1.84. The zero-order valence-electron chi connectivity index (χ0n) is 9.12. The number of nitrogens with two attached hydrogens (primary N) is 1. The van der Waals surface area contributed by atoms with E-state index in [1.54, 1.807) is 0 Å². The van der Waals surface area contributed by atoms with Gasteiger partial charge in [0.15, 0.2) is 0 Å². The van der Waals surface area contributed by atoms with Crippen LogP contribution in [0.3, 0.4) is 0 Å². The Morgan fingerprint density at radius 2 is 2.40 bits per heavy atom. The number of hydrogen-bond acceptors (Lipinski definition) is 3. The molecule has 1 heterocycles. The van der Waals surface area contributed by atoms with E-state index in [0.29, 0.717) is 5.92 Å². The first-order valence-electron chi connectivity index (χ1n) is 5.44. The van der Waals surface area contributed by atoms with Crippen molar-refractivity contribution in [1.29, 1.82) is 0 Å². The highest BCUT2D eigenvalue weighted by molar-refractivity contribution is 5.62. The molecule has 15 heavy (non-hydrogen) atoms. The van der Waals surface area contributed by atoms with Crippen LogP contribution in [-0.2, 0) is 4.74 Å². The number of nitrogens with one attached hydrogen (secondary N) is 1. The molecule has 2 rings (SSSR count). The van der Waals surface area contributed by atoms with Gasteiger partial charge in [0.05, 0.1) is 6.61 Å². The fraction of sp³-hybridized carbons (Fsp3) is 0.500. The summed E-state index contributed by atoms with van der Waals surface area (Å²) in [4.78, 5) is 0. The van der Waals surface area contributed by atoms with Gasteiger partial charge in [-0.3, -0.25) is 0 Å². The van der Waals surface area contributed by atoms with E-state index in [-0.39, 0.29) is 0 Å². The summed E-state index contributed by atoms with van der Waals surface area (Å²) >= 11 is 0. The van der Waals surface area contributed by atoms with Gasteiger partial charge < -0.3 is 15.8 Å². The predicted molar refractivity (Wildman–Crippen MR) is 63.0 cm³/mol. The molecule has 3 N–H and O–H groups in total. The number of ether oxygens (including phenoxy) is 1. The number of hydrogen-bond donors (Lipinski definition) is 2. The molecule has 0 spiro atoms. The maximum atomic E-state index is 5.84. The van der Waals surface area contributed by atoms with Gasteiger partial charge in [-0.25, -0.2) is 0 Å². The lowest BCUT2D eigenvalue weighted by Gasteiger charge is -2.13. The Kier molecular flexibility index (Phi) is 3.11. The molecule has 0 bridgehead atoms. The summed E-state index contributed by atoms with van der Waals surface area (Å²) in [6.45, 7) is 4.81. The highest BCUT2D eigenvalue weighted by atomic mass is 16.5. The number of rotatable bonds is 3. The van der Waals surface area contributed by atoms with Crippen molar-refractivity contribution in [3.8, 4) is 0 Å². The van der Waals surface area contributed by atoms with Gasteiger partial charge in [-0.1, -0.05) is 6.07 Å². The van der Waals surface area contributed by atoms with Crippen molar-refractivity contribution < 1.29 is 4.74 Å². The van der Waals surface area contributed by atoms with E-state index in [0.717, 1.165) is 43.1 Å². The number of anilines is 2. The quantitative estimate of drug-likeness (QED) is 0.744. The standard InChI is InChI=1S/C12H18N2O/c1-9-11(13)3-2-4-12(9)14-7-10-5-6-15-8-10/h2-4,10,14H,5-8,13H2,1H3. The first-order chi connectivity index (χ1) is 7.27. The van der Waals surface area contributed by atoms with E-state index in [1.807, 2.05) is 19.1 Å². The number of nitrogen functional groups attached to an aromatic ring is 1. The molecule has 0 amide bonds. The first-order valence-corrected chi connectivity index (χ1v) is 5.44. The number of benzene rings is 1. The SMILES string of the molecule is Cc1c(N)cccc1NCC1CCOC1. The van der Waals surface area contributed by atoms with Crippen LogP contribution in [0.15, 0.2) is 18.2 Å². The molecule has 0 aromatic heterocycles. The predicted octanol–water partition coefficient (Wildman–Crippen LogP) is 2.03. The maximum absolute atomic E-state index is 5.84. The molecule has 1 unspecified atom stereocenters. The van der Waals surface area contributed by atoms with Gasteiger partial charge in [0.1, 0.15) is 0 Å². The van der Waals surface area contributed by atoms with Gasteiger partial charge in [-0.05, 0) is 31.0 Å². The van der Waals surface area contributed by atoms with Gasteiger partial charge in [0, 0.05) is 30.4 Å². The van der Waals surface area contributed by atoms with Crippen molar-refractivity contribution in [2.24, 2.45) is 5.92 Å². The second-order valence-electron chi connectivity index (χ2n) is 4.13. The lowest BCUT2D eigenvalue weighted by atomic mass is 10.1. The van der Waals surface area contributed by atoms with E-state index in [2.05, 4.69) is 11.4 Å². The Hall–Kier alpha value is -1.22. The molecule has 82 valence electrons. The van der Waals surface area contributed by atoms with Crippen LogP contribution in [-0.4, -0.2) is 19.8 Å². The average molecular weight is 206 g/mol. The Morgan fingerprint density at radius 1 is 1.53 bits per heavy atom. The van der Waals surface area contributed by atoms with Crippen LogP contribution in [0.1, 0.15) is 12.0 Å². The van der Waals surface area contributed by atoms with Gasteiger partial charge >= 0.3 is 0 Å². The molecular weight excluding hydrogens is 188 g/mol. The summed E-state index contributed by atoms with van der Waals surface area (Å²) in [5.41, 5.74) is 8.97. The lowest BCUT2D eigenvalue weighted by molar-refractivity contribution is 0.187. The largest absolute Gasteiger partial charge is 0.398 e. The van der Waals surface area contributed by atoms with Crippen LogP contribution in [0, 0.1) is 12.8 Å². The smallest absolute Gasteiger partial charge is 0.0511 e. The lowest BCUT2D eigenvalue weighted by Crippen LogP contribution is -2.14. The summed E-state index contributed by atoms with van der Waals surface area (Å²) < 4.78 is 5.33. The average Bonchev–Trinajstić information content (AvgIpc) is 2.73. The Bertz CT molecular complexity index is 332. The molecule has 1 saturated heterocycles. The summed E-state index contributed by atoms with van der Waals surface area (Å²) in [6.07, 6.45) is 1.16.